The second kappa shape index (κ2) is 15.0. The van der Waals surface area contributed by atoms with E-state index in [1.807, 2.05) is 42.5 Å². The monoisotopic (exact) mass is 653 g/mol. The van der Waals surface area contributed by atoms with Crippen molar-refractivity contribution in [3.05, 3.63) is 167 Å². The standard InChI is InChI=1S/C22H24NO.C21H21NO.CH4O/c1-3-14-23(2,20-13-12-16-8-4-5-9-17(16)20)21-15-22(24)19-11-7-6-10-18(19)21;1-2-13-22(19-12-11-15-7-3-4-8-16(15)19)20-14-21(23)18-10-6-5-9-17(18)20;1-2/h3-11,20-21H,1,12-15H2,2H3;2-10,19-20H,1,11-14H2;2H,1H3/q+1;;. The fraction of sp³-hybridized carbons (Fsp3) is 0.318. The van der Waals surface area contributed by atoms with Crippen LogP contribution in [0.15, 0.2) is 122 Å². The molecule has 0 fully saturated rings. The second-order valence-electron chi connectivity index (χ2n) is 13.8. The summed E-state index contributed by atoms with van der Waals surface area (Å²) in [5.74, 6) is 0.557. The zero-order valence-corrected chi connectivity index (χ0v) is 28.9. The normalized spacial score (nSPS) is 22.4. The Hall–Kier alpha value is -4.42. The topological polar surface area (TPSA) is 57.6 Å². The molecule has 0 amide bonds. The Kier molecular flexibility index (Phi) is 10.5. The zero-order valence-electron chi connectivity index (χ0n) is 28.9. The fourth-order valence-electron chi connectivity index (χ4n) is 9.09. The van der Waals surface area contributed by atoms with Crippen LogP contribution in [-0.4, -0.2) is 53.3 Å². The van der Waals surface area contributed by atoms with Crippen molar-refractivity contribution in [2.24, 2.45) is 0 Å². The average Bonchev–Trinajstić information content (AvgIpc) is 3.93. The minimum Gasteiger partial charge on any atom is -0.400 e. The molecule has 4 aromatic carbocycles. The Morgan fingerprint density at radius 1 is 0.653 bits per heavy atom. The number of aliphatic hydroxyl groups is 1. The molecular formula is C44H49N2O3+. The van der Waals surface area contributed by atoms with Gasteiger partial charge in [-0.3, -0.25) is 14.5 Å². The molecule has 1 N–H and O–H groups in total. The van der Waals surface area contributed by atoms with Gasteiger partial charge in [0.15, 0.2) is 11.6 Å². The van der Waals surface area contributed by atoms with Crippen molar-refractivity contribution in [2.75, 3.05) is 27.2 Å². The minimum atomic E-state index is 0.174. The molecule has 4 aromatic rings. The van der Waals surface area contributed by atoms with Gasteiger partial charge in [0.05, 0.1) is 20.0 Å². The maximum Gasteiger partial charge on any atom is 0.169 e. The molecule has 252 valence electrons. The van der Waals surface area contributed by atoms with Crippen LogP contribution in [0.2, 0.25) is 0 Å². The van der Waals surface area contributed by atoms with Crippen LogP contribution in [0.5, 0.6) is 0 Å². The van der Waals surface area contributed by atoms with Gasteiger partial charge in [-0.05, 0) is 47.6 Å². The van der Waals surface area contributed by atoms with Crippen LogP contribution in [0.4, 0.5) is 0 Å². The van der Waals surface area contributed by atoms with E-state index in [9.17, 15) is 9.59 Å². The molecule has 5 unspecified atom stereocenters. The first-order chi connectivity index (χ1) is 23.9. The molecule has 5 atom stereocenters. The Balaban J connectivity index is 0.000000162. The number of benzene rings is 4. The number of carbonyl (C=O) groups excluding carboxylic acids is 2. The maximum absolute atomic E-state index is 12.6. The molecule has 49 heavy (non-hydrogen) atoms. The highest BCUT2D eigenvalue weighted by Crippen LogP contribution is 2.49. The van der Waals surface area contributed by atoms with Gasteiger partial charge < -0.3 is 9.59 Å². The van der Waals surface area contributed by atoms with Crippen molar-refractivity contribution in [1.29, 1.82) is 0 Å². The highest BCUT2D eigenvalue weighted by Gasteiger charge is 2.48. The van der Waals surface area contributed by atoms with Gasteiger partial charge in [-0.2, -0.15) is 0 Å². The molecule has 5 heteroatoms. The molecule has 0 spiro atoms. The van der Waals surface area contributed by atoms with Crippen LogP contribution in [0, 0.1) is 0 Å². The molecule has 0 heterocycles. The van der Waals surface area contributed by atoms with Crippen molar-refractivity contribution >= 4 is 11.6 Å². The lowest BCUT2D eigenvalue weighted by Crippen LogP contribution is -2.48. The number of ketones is 2. The number of fused-ring (bicyclic) bond motifs is 4. The third-order valence-electron chi connectivity index (χ3n) is 11.3. The number of likely N-dealkylation sites (N-methyl/N-ethyl adjacent to an activating group) is 1. The zero-order chi connectivity index (χ0) is 34.5. The summed E-state index contributed by atoms with van der Waals surface area (Å²) in [6.45, 7) is 9.66. The van der Waals surface area contributed by atoms with Crippen LogP contribution in [0.25, 0.3) is 0 Å². The maximum atomic E-state index is 12.6. The second-order valence-corrected chi connectivity index (χ2v) is 13.8. The SMILES string of the molecule is C=CCN(C1CCc2ccccc21)C1CC(=O)c2ccccc21.C=CC[N+](C)(C1CCc2ccccc21)C1CC(=O)c2ccccc21.CO. The number of aliphatic hydroxyl groups excluding tert-OH is 1. The number of aryl methyl sites for hydroxylation is 2. The van der Waals surface area contributed by atoms with Crippen LogP contribution >= 0.6 is 0 Å². The first-order valence-corrected chi connectivity index (χ1v) is 17.6. The summed E-state index contributed by atoms with van der Waals surface area (Å²) in [7, 11) is 3.31. The predicted molar refractivity (Wildman–Crippen MR) is 198 cm³/mol. The molecule has 0 bridgehead atoms. The summed E-state index contributed by atoms with van der Waals surface area (Å²) in [6, 6.07) is 35.0. The van der Waals surface area contributed by atoms with Crippen molar-refractivity contribution in [3.63, 3.8) is 0 Å². The number of rotatable bonds is 8. The summed E-state index contributed by atoms with van der Waals surface area (Å²) >= 11 is 0. The number of carbonyl (C=O) groups is 2. The van der Waals surface area contributed by atoms with Crippen molar-refractivity contribution < 1.29 is 19.2 Å². The fourth-order valence-corrected chi connectivity index (χ4v) is 9.09. The quantitative estimate of drug-likeness (QED) is 0.153. The van der Waals surface area contributed by atoms with Crippen molar-refractivity contribution in [2.45, 2.75) is 62.7 Å². The molecule has 0 saturated carbocycles. The van der Waals surface area contributed by atoms with E-state index >= 15 is 0 Å². The number of hydrogen-bond acceptors (Lipinski definition) is 4. The Morgan fingerprint density at radius 2 is 1.18 bits per heavy atom. The first kappa shape index (κ1) is 34.4. The molecule has 5 nitrogen and oxygen atoms in total. The molecule has 4 aliphatic carbocycles. The number of hydrogen-bond donors (Lipinski definition) is 1. The molecule has 0 aromatic heterocycles. The summed E-state index contributed by atoms with van der Waals surface area (Å²) in [5.41, 5.74) is 10.0. The van der Waals surface area contributed by atoms with E-state index in [4.69, 9.17) is 5.11 Å². The smallest absolute Gasteiger partial charge is 0.169 e. The van der Waals surface area contributed by atoms with E-state index < -0.39 is 0 Å². The van der Waals surface area contributed by atoms with Crippen LogP contribution in [0.3, 0.4) is 0 Å². The van der Waals surface area contributed by atoms with E-state index in [0.717, 1.165) is 61.5 Å². The number of quaternary nitrogens is 1. The number of Topliss-reactive ketones (excluding diaryl/α,β-unsaturated/α-hetero) is 2. The van der Waals surface area contributed by atoms with Gasteiger partial charge in [0.2, 0.25) is 0 Å². The average molecular weight is 654 g/mol. The van der Waals surface area contributed by atoms with Crippen LogP contribution in [0.1, 0.15) is 104 Å². The molecule has 0 saturated heterocycles. The highest BCUT2D eigenvalue weighted by atomic mass is 16.2. The lowest BCUT2D eigenvalue weighted by Gasteiger charge is -2.44. The van der Waals surface area contributed by atoms with E-state index in [-0.39, 0.29) is 23.7 Å². The summed E-state index contributed by atoms with van der Waals surface area (Å²) in [6.07, 6.45) is 9.72. The van der Waals surface area contributed by atoms with E-state index in [1.54, 1.807) is 0 Å². The molecule has 8 rings (SSSR count). The largest absolute Gasteiger partial charge is 0.400 e. The third kappa shape index (κ3) is 6.39. The highest BCUT2D eigenvalue weighted by molar-refractivity contribution is 6.01. The lowest BCUT2D eigenvalue weighted by atomic mass is 9.97. The predicted octanol–water partition coefficient (Wildman–Crippen LogP) is 8.73. The summed E-state index contributed by atoms with van der Waals surface area (Å²) in [5, 5.41) is 7.00. The van der Waals surface area contributed by atoms with Crippen molar-refractivity contribution in [3.8, 4) is 0 Å². The van der Waals surface area contributed by atoms with Gasteiger partial charge in [-0.1, -0.05) is 110 Å². The molecule has 0 aliphatic heterocycles. The van der Waals surface area contributed by atoms with E-state index in [2.05, 4.69) is 91.8 Å². The van der Waals surface area contributed by atoms with Gasteiger partial charge >= 0.3 is 0 Å². The molecule has 4 aliphatic rings. The van der Waals surface area contributed by atoms with Crippen LogP contribution < -0.4 is 0 Å². The van der Waals surface area contributed by atoms with Crippen molar-refractivity contribution in [1.82, 2.24) is 4.90 Å². The van der Waals surface area contributed by atoms with Gasteiger partial charge in [-0.25, -0.2) is 0 Å². The summed E-state index contributed by atoms with van der Waals surface area (Å²) in [4.78, 5) is 27.4. The lowest BCUT2D eigenvalue weighted by molar-refractivity contribution is -0.961. The van der Waals surface area contributed by atoms with E-state index in [0.29, 0.717) is 24.9 Å². The van der Waals surface area contributed by atoms with Gasteiger partial charge in [0, 0.05) is 60.8 Å². The Bertz CT molecular complexity index is 1850. The molecular weight excluding hydrogens is 604 g/mol. The van der Waals surface area contributed by atoms with Crippen LogP contribution in [-0.2, 0) is 12.8 Å². The number of nitrogens with zero attached hydrogens (tertiary/aromatic N) is 2. The van der Waals surface area contributed by atoms with Gasteiger partial charge in [0.1, 0.15) is 12.1 Å². The van der Waals surface area contributed by atoms with Gasteiger partial charge in [0.25, 0.3) is 0 Å². The Labute approximate surface area is 291 Å². The third-order valence-corrected chi connectivity index (χ3v) is 11.3. The Morgan fingerprint density at radius 3 is 1.86 bits per heavy atom. The minimum absolute atomic E-state index is 0.174. The molecule has 0 radical (unpaired) electrons. The van der Waals surface area contributed by atoms with E-state index in [1.165, 1.54) is 33.4 Å². The summed E-state index contributed by atoms with van der Waals surface area (Å²) < 4.78 is 0.850. The van der Waals surface area contributed by atoms with Gasteiger partial charge in [-0.15, -0.1) is 6.58 Å². The first-order valence-electron chi connectivity index (χ1n) is 17.6.